The van der Waals surface area contributed by atoms with Crippen molar-refractivity contribution in [3.05, 3.63) is 53.0 Å². The molecule has 0 aliphatic heterocycles. The summed E-state index contributed by atoms with van der Waals surface area (Å²) < 4.78 is 0. The van der Waals surface area contributed by atoms with Crippen LogP contribution >= 0.6 is 0 Å². The Morgan fingerprint density at radius 2 is 1.79 bits per heavy atom. The van der Waals surface area contributed by atoms with Crippen molar-refractivity contribution in [2.24, 2.45) is 5.18 Å². The molecule has 0 bridgehead atoms. The Morgan fingerprint density at radius 1 is 1.07 bits per heavy atom. The van der Waals surface area contributed by atoms with Crippen molar-refractivity contribution >= 4 is 0 Å². The van der Waals surface area contributed by atoms with Crippen molar-refractivity contribution in [3.8, 4) is 0 Å². The molecule has 14 heavy (non-hydrogen) atoms. The molecule has 1 aliphatic rings. The number of allylic oxidation sites excluding steroid dienone is 1. The lowest BCUT2D eigenvalue weighted by Gasteiger charge is -2.23. The van der Waals surface area contributed by atoms with Gasteiger partial charge < -0.3 is 0 Å². The van der Waals surface area contributed by atoms with Gasteiger partial charge >= 0.3 is 0 Å². The third-order valence-electron chi connectivity index (χ3n) is 2.76. The van der Waals surface area contributed by atoms with E-state index in [1.165, 1.54) is 5.56 Å². The molecule has 0 spiro atoms. The van der Waals surface area contributed by atoms with Gasteiger partial charge in [-0.2, -0.15) is 4.91 Å². The van der Waals surface area contributed by atoms with Crippen molar-refractivity contribution in [2.75, 3.05) is 0 Å². The lowest BCUT2D eigenvalue weighted by Crippen LogP contribution is -2.17. The molecule has 1 aromatic carbocycles. The van der Waals surface area contributed by atoms with Gasteiger partial charge in [0.25, 0.3) is 0 Å². The number of hydrogen-bond acceptors (Lipinski definition) is 2. The first-order valence-corrected chi connectivity index (χ1v) is 4.94. The van der Waals surface area contributed by atoms with Gasteiger partial charge in [-0.1, -0.05) is 47.7 Å². The van der Waals surface area contributed by atoms with E-state index in [4.69, 9.17) is 0 Å². The molecule has 0 radical (unpaired) electrons. The Kier molecular flexibility index (Phi) is 2.73. The molecule has 0 amide bonds. The normalized spacial score (nSPS) is 26.0. The van der Waals surface area contributed by atoms with E-state index in [-0.39, 0.29) is 12.0 Å². The van der Waals surface area contributed by atoms with Crippen molar-refractivity contribution in [1.29, 1.82) is 0 Å². The third-order valence-corrected chi connectivity index (χ3v) is 2.76. The predicted octanol–water partition coefficient (Wildman–Crippen LogP) is 3.26. The molecule has 1 aliphatic carbocycles. The summed E-state index contributed by atoms with van der Waals surface area (Å²) in [5, 5.41) is 3.20. The first kappa shape index (κ1) is 9.13. The van der Waals surface area contributed by atoms with Crippen LogP contribution in [-0.4, -0.2) is 6.04 Å². The molecule has 2 nitrogen and oxygen atoms in total. The average Bonchev–Trinajstić information content (AvgIpc) is 2.30. The van der Waals surface area contributed by atoms with E-state index in [0.717, 1.165) is 12.8 Å². The number of nitroso groups, excluding NO2 is 1. The minimum absolute atomic E-state index is 0.0811. The van der Waals surface area contributed by atoms with Gasteiger partial charge in [0.2, 0.25) is 0 Å². The summed E-state index contributed by atoms with van der Waals surface area (Å²) in [4.78, 5) is 10.7. The standard InChI is InChI=1S/C12H13NO/c14-13-12-9-5-4-8-11(12)10-6-2-1-3-7-10/h1-7,11-12H,8-9H2/t11-,12+/m1/s1. The van der Waals surface area contributed by atoms with Crippen LogP contribution in [0, 0.1) is 4.91 Å². The average molecular weight is 187 g/mol. The molecule has 0 saturated carbocycles. The summed E-state index contributed by atoms with van der Waals surface area (Å²) in [6, 6.07) is 10.1. The highest BCUT2D eigenvalue weighted by Gasteiger charge is 2.24. The van der Waals surface area contributed by atoms with Crippen LogP contribution < -0.4 is 0 Å². The lowest BCUT2D eigenvalue weighted by atomic mass is 9.84. The number of hydrogen-bond donors (Lipinski definition) is 0. The van der Waals surface area contributed by atoms with Crippen LogP contribution in [-0.2, 0) is 0 Å². The van der Waals surface area contributed by atoms with Gasteiger partial charge in [0.1, 0.15) is 6.04 Å². The number of nitrogens with zero attached hydrogens (tertiary/aromatic N) is 1. The highest BCUT2D eigenvalue weighted by Crippen LogP contribution is 2.31. The minimum Gasteiger partial charge on any atom is -0.150 e. The van der Waals surface area contributed by atoms with E-state index < -0.39 is 0 Å². The van der Waals surface area contributed by atoms with E-state index in [0.29, 0.717) is 0 Å². The van der Waals surface area contributed by atoms with Crippen LogP contribution in [0.25, 0.3) is 0 Å². The Balaban J connectivity index is 2.24. The Bertz CT molecular complexity index is 331. The Labute approximate surface area is 83.6 Å². The first-order valence-electron chi connectivity index (χ1n) is 4.94. The number of rotatable bonds is 2. The molecule has 0 saturated heterocycles. The van der Waals surface area contributed by atoms with E-state index in [9.17, 15) is 4.91 Å². The van der Waals surface area contributed by atoms with Crippen LogP contribution in [0.2, 0.25) is 0 Å². The van der Waals surface area contributed by atoms with E-state index in [1.807, 2.05) is 24.3 Å². The zero-order valence-electron chi connectivity index (χ0n) is 7.97. The predicted molar refractivity (Wildman–Crippen MR) is 57.1 cm³/mol. The fraction of sp³-hybridized carbons (Fsp3) is 0.333. The molecule has 0 heterocycles. The monoisotopic (exact) mass is 187 g/mol. The molecule has 2 heteroatoms. The maximum atomic E-state index is 10.7. The zero-order valence-corrected chi connectivity index (χ0v) is 7.97. The molecular formula is C12H13NO. The summed E-state index contributed by atoms with van der Waals surface area (Å²) >= 11 is 0. The van der Waals surface area contributed by atoms with Gasteiger partial charge in [0, 0.05) is 5.92 Å². The molecule has 72 valence electrons. The first-order chi connectivity index (χ1) is 6.92. The molecular weight excluding hydrogens is 174 g/mol. The summed E-state index contributed by atoms with van der Waals surface area (Å²) in [5.41, 5.74) is 1.22. The summed E-state index contributed by atoms with van der Waals surface area (Å²) in [6.07, 6.45) is 5.90. The van der Waals surface area contributed by atoms with Crippen molar-refractivity contribution < 1.29 is 0 Å². The van der Waals surface area contributed by atoms with Gasteiger partial charge in [-0.3, -0.25) is 0 Å². The summed E-state index contributed by atoms with van der Waals surface area (Å²) in [7, 11) is 0. The van der Waals surface area contributed by atoms with Gasteiger partial charge in [-0.05, 0) is 18.4 Å². The van der Waals surface area contributed by atoms with Gasteiger partial charge in [-0.15, -0.1) is 0 Å². The third kappa shape index (κ3) is 1.74. The van der Waals surface area contributed by atoms with Crippen LogP contribution in [0.15, 0.2) is 47.7 Å². The van der Waals surface area contributed by atoms with Crippen LogP contribution in [0.1, 0.15) is 24.3 Å². The molecule has 0 unspecified atom stereocenters. The second-order valence-electron chi connectivity index (χ2n) is 3.63. The van der Waals surface area contributed by atoms with E-state index in [2.05, 4.69) is 23.4 Å². The maximum absolute atomic E-state index is 10.7. The van der Waals surface area contributed by atoms with Gasteiger partial charge in [-0.25, -0.2) is 0 Å². The topological polar surface area (TPSA) is 29.4 Å². The Hall–Kier alpha value is -1.44. The summed E-state index contributed by atoms with van der Waals surface area (Å²) in [6.45, 7) is 0. The van der Waals surface area contributed by atoms with Crippen LogP contribution in [0.5, 0.6) is 0 Å². The quantitative estimate of drug-likeness (QED) is 0.516. The van der Waals surface area contributed by atoms with Crippen molar-refractivity contribution in [3.63, 3.8) is 0 Å². The Morgan fingerprint density at radius 3 is 2.50 bits per heavy atom. The minimum atomic E-state index is -0.0811. The lowest BCUT2D eigenvalue weighted by molar-refractivity contribution is 0.520. The van der Waals surface area contributed by atoms with Gasteiger partial charge in [0.15, 0.2) is 0 Å². The second-order valence-corrected chi connectivity index (χ2v) is 3.63. The highest BCUT2D eigenvalue weighted by molar-refractivity contribution is 5.24. The van der Waals surface area contributed by atoms with Crippen molar-refractivity contribution in [2.45, 2.75) is 24.8 Å². The zero-order chi connectivity index (χ0) is 9.80. The second kappa shape index (κ2) is 4.18. The molecule has 1 aromatic rings. The van der Waals surface area contributed by atoms with Crippen LogP contribution in [0.3, 0.4) is 0 Å². The maximum Gasteiger partial charge on any atom is 0.102 e. The molecule has 0 fully saturated rings. The van der Waals surface area contributed by atoms with E-state index >= 15 is 0 Å². The SMILES string of the molecule is O=N[C@H]1CC=CC[C@@H]1c1ccccc1. The molecule has 0 N–H and O–H groups in total. The van der Waals surface area contributed by atoms with Crippen LogP contribution in [0.4, 0.5) is 0 Å². The smallest absolute Gasteiger partial charge is 0.102 e. The molecule has 2 rings (SSSR count). The molecule has 0 aromatic heterocycles. The van der Waals surface area contributed by atoms with Crippen molar-refractivity contribution in [1.82, 2.24) is 0 Å². The fourth-order valence-corrected chi connectivity index (χ4v) is 1.97. The fourth-order valence-electron chi connectivity index (χ4n) is 1.97. The highest BCUT2D eigenvalue weighted by atomic mass is 16.3. The largest absolute Gasteiger partial charge is 0.150 e. The molecule has 2 atom stereocenters. The summed E-state index contributed by atoms with van der Waals surface area (Å²) in [5.74, 6) is 0.277. The number of benzene rings is 1. The van der Waals surface area contributed by atoms with Gasteiger partial charge in [0.05, 0.1) is 0 Å². The van der Waals surface area contributed by atoms with E-state index in [1.54, 1.807) is 0 Å².